The molecule has 6 heteroatoms. The molecular formula is C19H21NO4S. The number of rotatable bonds is 8. The Morgan fingerprint density at radius 2 is 1.68 bits per heavy atom. The highest BCUT2D eigenvalue weighted by atomic mass is 32.2. The van der Waals surface area contributed by atoms with Gasteiger partial charge < -0.3 is 10.1 Å². The summed E-state index contributed by atoms with van der Waals surface area (Å²) in [6.07, 6.45) is 0.688. The van der Waals surface area contributed by atoms with Gasteiger partial charge in [0.05, 0.1) is 22.8 Å². The average molecular weight is 359 g/mol. The first-order valence-electron chi connectivity index (χ1n) is 7.96. The Morgan fingerprint density at radius 3 is 2.32 bits per heavy atom. The van der Waals surface area contributed by atoms with E-state index in [0.717, 1.165) is 5.56 Å². The van der Waals surface area contributed by atoms with Crippen molar-refractivity contribution >= 4 is 21.5 Å². The Labute approximate surface area is 148 Å². The zero-order valence-electron chi connectivity index (χ0n) is 14.1. The molecule has 2 aromatic carbocycles. The molecule has 0 aromatic heterocycles. The van der Waals surface area contributed by atoms with Gasteiger partial charge in [-0.3, -0.25) is 0 Å². The van der Waals surface area contributed by atoms with Crippen LogP contribution in [0.4, 0.5) is 0 Å². The van der Waals surface area contributed by atoms with Crippen LogP contribution in [0.5, 0.6) is 0 Å². The molecular weight excluding hydrogens is 338 g/mol. The number of hydrogen-bond donors (Lipinski definition) is 1. The van der Waals surface area contributed by atoms with Crippen molar-refractivity contribution < 1.29 is 17.9 Å². The Balaban J connectivity index is 1.77. The minimum absolute atomic E-state index is 0.108. The first-order chi connectivity index (χ1) is 11.9. The van der Waals surface area contributed by atoms with E-state index in [1.807, 2.05) is 13.0 Å². The summed E-state index contributed by atoms with van der Waals surface area (Å²) in [5.41, 5.74) is 1.56. The molecule has 0 aliphatic carbocycles. The Hall–Kier alpha value is -2.47. The van der Waals surface area contributed by atoms with Crippen molar-refractivity contribution in [1.29, 1.82) is 5.41 Å². The molecule has 2 rings (SSSR count). The van der Waals surface area contributed by atoms with Gasteiger partial charge in [-0.25, -0.2) is 13.2 Å². The van der Waals surface area contributed by atoms with Crippen molar-refractivity contribution in [2.45, 2.75) is 24.7 Å². The monoisotopic (exact) mass is 359 g/mol. The summed E-state index contributed by atoms with van der Waals surface area (Å²) >= 11 is 0. The van der Waals surface area contributed by atoms with Gasteiger partial charge in [0.2, 0.25) is 0 Å². The fraction of sp³-hybridized carbons (Fsp3) is 0.263. The highest BCUT2D eigenvalue weighted by molar-refractivity contribution is 7.92. The summed E-state index contributed by atoms with van der Waals surface area (Å²) in [6, 6.07) is 15.2. The molecule has 132 valence electrons. The highest BCUT2D eigenvalue weighted by Crippen LogP contribution is 2.13. The van der Waals surface area contributed by atoms with E-state index in [1.165, 1.54) is 0 Å². The van der Waals surface area contributed by atoms with Gasteiger partial charge in [-0.1, -0.05) is 35.9 Å². The Kier molecular flexibility index (Phi) is 6.47. The summed E-state index contributed by atoms with van der Waals surface area (Å²) < 4.78 is 29.6. The van der Waals surface area contributed by atoms with Crippen LogP contribution >= 0.6 is 0 Å². The fourth-order valence-corrected chi connectivity index (χ4v) is 3.56. The van der Waals surface area contributed by atoms with Gasteiger partial charge in [0.15, 0.2) is 9.84 Å². The van der Waals surface area contributed by atoms with Gasteiger partial charge in [-0.05, 0) is 44.0 Å². The normalized spacial score (nSPS) is 11.1. The smallest absolute Gasteiger partial charge is 0.338 e. The zero-order valence-corrected chi connectivity index (χ0v) is 14.9. The molecule has 0 unspecified atom stereocenters. The maximum Gasteiger partial charge on any atom is 0.338 e. The molecule has 0 bridgehead atoms. The van der Waals surface area contributed by atoms with E-state index < -0.39 is 15.8 Å². The topological polar surface area (TPSA) is 84.3 Å². The Bertz CT molecular complexity index is 827. The van der Waals surface area contributed by atoms with E-state index >= 15 is 0 Å². The van der Waals surface area contributed by atoms with Crippen LogP contribution in [0.3, 0.4) is 0 Å². The first-order valence-corrected chi connectivity index (χ1v) is 9.61. The van der Waals surface area contributed by atoms with Gasteiger partial charge in [-0.2, -0.15) is 0 Å². The molecule has 0 fully saturated rings. The van der Waals surface area contributed by atoms with E-state index in [4.69, 9.17) is 10.1 Å². The maximum atomic E-state index is 12.3. The van der Waals surface area contributed by atoms with Crippen LogP contribution in [0, 0.1) is 12.3 Å². The van der Waals surface area contributed by atoms with Crippen molar-refractivity contribution in [3.05, 3.63) is 65.7 Å². The third-order valence-corrected chi connectivity index (χ3v) is 5.33. The summed E-state index contributed by atoms with van der Waals surface area (Å²) in [6.45, 7) is 2.04. The maximum absolute atomic E-state index is 12.3. The zero-order chi connectivity index (χ0) is 18.3. The van der Waals surface area contributed by atoms with Crippen LogP contribution in [-0.2, 0) is 14.6 Å². The lowest BCUT2D eigenvalue weighted by Crippen LogP contribution is -2.16. The third-order valence-electron chi connectivity index (χ3n) is 3.61. The predicted octanol–water partition coefficient (Wildman–Crippen LogP) is 3.43. The number of carbonyl (C=O) groups excluding carboxylic acids is 1. The fourth-order valence-electron chi connectivity index (χ4n) is 2.24. The summed E-state index contributed by atoms with van der Waals surface area (Å²) in [5.74, 6) is -0.734. The molecule has 0 aliphatic rings. The van der Waals surface area contributed by atoms with E-state index in [-0.39, 0.29) is 29.4 Å². The number of sulfone groups is 1. The lowest BCUT2D eigenvalue weighted by Gasteiger charge is -2.07. The van der Waals surface area contributed by atoms with E-state index in [2.05, 4.69) is 0 Å². The molecule has 0 amide bonds. The molecule has 25 heavy (non-hydrogen) atoms. The van der Waals surface area contributed by atoms with Crippen molar-refractivity contribution in [3.8, 4) is 0 Å². The average Bonchev–Trinajstić information content (AvgIpc) is 2.59. The second-order valence-corrected chi connectivity index (χ2v) is 7.77. The third kappa shape index (κ3) is 5.83. The number of hydrogen-bond acceptors (Lipinski definition) is 5. The summed E-state index contributed by atoms with van der Waals surface area (Å²) in [7, 11) is -3.51. The molecule has 2 aromatic rings. The molecule has 0 aliphatic heterocycles. The minimum Gasteiger partial charge on any atom is -0.462 e. The SMILES string of the molecule is Cc1ccc(S(=O)(=O)CC(=N)CCCOC(=O)c2ccccc2)cc1. The molecule has 1 N–H and O–H groups in total. The van der Waals surface area contributed by atoms with Crippen molar-refractivity contribution in [1.82, 2.24) is 0 Å². The van der Waals surface area contributed by atoms with Crippen LogP contribution in [-0.4, -0.2) is 32.5 Å². The van der Waals surface area contributed by atoms with Crippen molar-refractivity contribution in [2.24, 2.45) is 0 Å². The van der Waals surface area contributed by atoms with Gasteiger partial charge in [-0.15, -0.1) is 0 Å². The number of benzene rings is 2. The van der Waals surface area contributed by atoms with Gasteiger partial charge >= 0.3 is 5.97 Å². The van der Waals surface area contributed by atoms with Crippen molar-refractivity contribution in [2.75, 3.05) is 12.4 Å². The molecule has 5 nitrogen and oxygen atoms in total. The summed E-state index contributed by atoms with van der Waals surface area (Å²) in [5, 5.41) is 7.87. The van der Waals surface area contributed by atoms with E-state index in [0.29, 0.717) is 12.0 Å². The largest absolute Gasteiger partial charge is 0.462 e. The molecule has 0 atom stereocenters. The molecule has 0 saturated carbocycles. The van der Waals surface area contributed by atoms with Crippen molar-refractivity contribution in [3.63, 3.8) is 0 Å². The van der Waals surface area contributed by atoms with Crippen LogP contribution in [0.15, 0.2) is 59.5 Å². The minimum atomic E-state index is -3.51. The highest BCUT2D eigenvalue weighted by Gasteiger charge is 2.17. The lowest BCUT2D eigenvalue weighted by atomic mass is 10.2. The van der Waals surface area contributed by atoms with Crippen LogP contribution in [0.1, 0.15) is 28.8 Å². The van der Waals surface area contributed by atoms with Crippen LogP contribution in [0.25, 0.3) is 0 Å². The van der Waals surface area contributed by atoms with Gasteiger partial charge in [0.1, 0.15) is 0 Å². The molecule has 0 saturated heterocycles. The molecule has 0 heterocycles. The number of carbonyl (C=O) groups is 1. The first kappa shape index (κ1) is 18.9. The lowest BCUT2D eigenvalue weighted by molar-refractivity contribution is 0.0502. The molecule has 0 radical (unpaired) electrons. The number of ether oxygens (including phenoxy) is 1. The standard InChI is InChI=1S/C19H21NO4S/c1-15-9-11-18(12-10-15)25(22,23)14-17(20)8-5-13-24-19(21)16-6-3-2-4-7-16/h2-4,6-7,9-12,20H,5,8,13-14H2,1H3. The second kappa shape index (κ2) is 8.58. The second-order valence-electron chi connectivity index (χ2n) is 5.78. The number of aryl methyl sites for hydroxylation is 1. The van der Waals surface area contributed by atoms with Crippen LogP contribution in [0.2, 0.25) is 0 Å². The number of esters is 1. The number of nitrogens with one attached hydrogen (secondary N) is 1. The molecule has 0 spiro atoms. The van der Waals surface area contributed by atoms with E-state index in [9.17, 15) is 13.2 Å². The predicted molar refractivity (Wildman–Crippen MR) is 96.9 cm³/mol. The quantitative estimate of drug-likeness (QED) is 0.445. The van der Waals surface area contributed by atoms with Gasteiger partial charge in [0.25, 0.3) is 0 Å². The van der Waals surface area contributed by atoms with Gasteiger partial charge in [0, 0.05) is 5.71 Å². The van der Waals surface area contributed by atoms with Crippen LogP contribution < -0.4 is 0 Å². The summed E-state index contributed by atoms with van der Waals surface area (Å²) in [4.78, 5) is 12.0. The Morgan fingerprint density at radius 1 is 1.04 bits per heavy atom. The van der Waals surface area contributed by atoms with E-state index in [1.54, 1.807) is 48.5 Å².